The number of rotatable bonds is 1. The molecule has 2 atom stereocenters. The summed E-state index contributed by atoms with van der Waals surface area (Å²) in [4.78, 5) is 4.74. The minimum atomic E-state index is -0.379. The molecular weight excluding hydrogens is 309 g/mol. The Balaban J connectivity index is 1.76. The Morgan fingerprint density at radius 3 is 2.52 bits per heavy atom. The number of ether oxygens (including phenoxy) is 1. The zero-order chi connectivity index (χ0) is 15.8. The summed E-state index contributed by atoms with van der Waals surface area (Å²) in [7, 11) is 0. The van der Waals surface area contributed by atoms with Gasteiger partial charge in [0.25, 0.3) is 0 Å². The van der Waals surface area contributed by atoms with Crippen molar-refractivity contribution in [2.45, 2.75) is 25.0 Å². The fourth-order valence-corrected chi connectivity index (χ4v) is 4.94. The molecule has 0 aliphatic carbocycles. The van der Waals surface area contributed by atoms with Crippen LogP contribution in [-0.2, 0) is 15.9 Å². The molecule has 0 radical (unpaired) electrons. The van der Waals surface area contributed by atoms with Gasteiger partial charge in [0.15, 0.2) is 0 Å². The van der Waals surface area contributed by atoms with Crippen molar-refractivity contribution in [1.82, 2.24) is 4.98 Å². The van der Waals surface area contributed by atoms with E-state index in [0.29, 0.717) is 0 Å². The van der Waals surface area contributed by atoms with Gasteiger partial charge in [-0.2, -0.15) is 0 Å². The van der Waals surface area contributed by atoms with Crippen LogP contribution in [0, 0.1) is 5.82 Å². The highest BCUT2D eigenvalue weighted by Gasteiger charge is 2.51. The highest BCUT2D eigenvalue weighted by molar-refractivity contribution is 7.21. The second kappa shape index (κ2) is 4.08. The summed E-state index contributed by atoms with van der Waals surface area (Å²) >= 11 is 1.65. The van der Waals surface area contributed by atoms with Gasteiger partial charge in [-0.25, -0.2) is 9.37 Å². The van der Waals surface area contributed by atoms with Gasteiger partial charge in [-0.05, 0) is 61.9 Å². The molecule has 5 rings (SSSR count). The van der Waals surface area contributed by atoms with E-state index in [1.165, 1.54) is 23.3 Å². The molecule has 3 aromatic rings. The van der Waals surface area contributed by atoms with E-state index < -0.39 is 0 Å². The lowest BCUT2D eigenvalue weighted by molar-refractivity contribution is -0.0490. The van der Waals surface area contributed by atoms with E-state index in [-0.39, 0.29) is 17.0 Å². The van der Waals surface area contributed by atoms with Crippen LogP contribution in [0.15, 0.2) is 48.6 Å². The fraction of sp³-hybridized carbons (Fsp3) is 0.211. The van der Waals surface area contributed by atoms with Crippen LogP contribution in [-0.4, -0.2) is 4.98 Å². The van der Waals surface area contributed by atoms with Gasteiger partial charge in [-0.3, -0.25) is 0 Å². The first-order valence-corrected chi connectivity index (χ1v) is 8.41. The molecule has 114 valence electrons. The zero-order valence-electron chi connectivity index (χ0n) is 12.8. The molecule has 0 fully saturated rings. The monoisotopic (exact) mass is 323 g/mol. The minimum Gasteiger partial charge on any atom is -0.351 e. The topological polar surface area (TPSA) is 22.1 Å². The van der Waals surface area contributed by atoms with Gasteiger partial charge in [-0.1, -0.05) is 6.07 Å². The van der Waals surface area contributed by atoms with Crippen LogP contribution in [0.5, 0.6) is 0 Å². The average Bonchev–Trinajstić information content (AvgIpc) is 3.14. The van der Waals surface area contributed by atoms with Crippen LogP contribution < -0.4 is 0 Å². The van der Waals surface area contributed by atoms with Crippen molar-refractivity contribution in [3.8, 4) is 10.6 Å². The van der Waals surface area contributed by atoms with Crippen LogP contribution in [0.1, 0.15) is 25.0 Å². The van der Waals surface area contributed by atoms with Gasteiger partial charge in [-0.15, -0.1) is 11.3 Å². The van der Waals surface area contributed by atoms with Crippen LogP contribution in [0.4, 0.5) is 4.39 Å². The number of benzene rings is 2. The molecule has 0 spiro atoms. The maximum absolute atomic E-state index is 13.1. The molecule has 0 N–H and O–H groups in total. The highest BCUT2D eigenvalue weighted by Crippen LogP contribution is 2.56. The van der Waals surface area contributed by atoms with E-state index in [4.69, 9.17) is 9.72 Å². The molecule has 23 heavy (non-hydrogen) atoms. The van der Waals surface area contributed by atoms with E-state index in [2.05, 4.69) is 38.1 Å². The molecule has 2 bridgehead atoms. The van der Waals surface area contributed by atoms with Crippen molar-refractivity contribution in [2.75, 3.05) is 0 Å². The summed E-state index contributed by atoms with van der Waals surface area (Å²) in [6, 6.07) is 10.7. The summed E-state index contributed by atoms with van der Waals surface area (Å²) in [5.74, 6) is -0.230. The van der Waals surface area contributed by atoms with Crippen molar-refractivity contribution in [3.05, 3.63) is 65.5 Å². The molecule has 2 aliphatic rings. The zero-order valence-corrected chi connectivity index (χ0v) is 13.6. The van der Waals surface area contributed by atoms with Crippen LogP contribution >= 0.6 is 11.3 Å². The van der Waals surface area contributed by atoms with E-state index in [9.17, 15) is 4.39 Å². The van der Waals surface area contributed by atoms with Crippen LogP contribution in [0.3, 0.4) is 0 Å². The first-order valence-electron chi connectivity index (χ1n) is 7.60. The summed E-state index contributed by atoms with van der Waals surface area (Å²) in [6.45, 7) is 4.21. The predicted octanol–water partition coefficient (Wildman–Crippen LogP) is 5.13. The molecule has 4 heteroatoms. The molecule has 1 aromatic heterocycles. The Kier molecular flexibility index (Phi) is 2.37. The number of nitrogens with zero attached hydrogens (tertiary/aromatic N) is 1. The molecule has 0 saturated carbocycles. The summed E-state index contributed by atoms with van der Waals surface area (Å²) in [5, 5.41) is 0.911. The number of aromatic nitrogens is 1. The molecule has 2 aromatic carbocycles. The van der Waals surface area contributed by atoms with Crippen LogP contribution in [0.25, 0.3) is 20.8 Å². The normalized spacial score (nSPS) is 27.8. The largest absolute Gasteiger partial charge is 0.351 e. The Hall–Kier alpha value is -2.04. The Morgan fingerprint density at radius 2 is 1.74 bits per heavy atom. The third kappa shape index (κ3) is 1.68. The number of hydrogen-bond acceptors (Lipinski definition) is 3. The second-order valence-electron chi connectivity index (χ2n) is 6.51. The number of hydrogen-bond donors (Lipinski definition) is 0. The molecule has 2 aliphatic heterocycles. The molecule has 0 saturated heterocycles. The van der Waals surface area contributed by atoms with Gasteiger partial charge in [0.2, 0.25) is 0 Å². The van der Waals surface area contributed by atoms with Crippen molar-refractivity contribution < 1.29 is 9.13 Å². The number of halogens is 1. The highest BCUT2D eigenvalue weighted by atomic mass is 32.1. The average molecular weight is 323 g/mol. The third-order valence-corrected chi connectivity index (χ3v) is 5.96. The Bertz CT molecular complexity index is 991. The molecular formula is C19H14FNOS. The van der Waals surface area contributed by atoms with Crippen molar-refractivity contribution >= 4 is 21.6 Å². The lowest BCUT2D eigenvalue weighted by Crippen LogP contribution is -2.17. The molecule has 0 amide bonds. The van der Waals surface area contributed by atoms with Gasteiger partial charge >= 0.3 is 0 Å². The van der Waals surface area contributed by atoms with E-state index >= 15 is 0 Å². The van der Waals surface area contributed by atoms with Gasteiger partial charge in [0.1, 0.15) is 22.0 Å². The van der Waals surface area contributed by atoms with Crippen molar-refractivity contribution in [3.63, 3.8) is 0 Å². The van der Waals surface area contributed by atoms with Crippen LogP contribution in [0.2, 0.25) is 0 Å². The Labute approximate surface area is 137 Å². The molecule has 2 unspecified atom stereocenters. The van der Waals surface area contributed by atoms with Gasteiger partial charge < -0.3 is 4.74 Å². The molecule has 3 heterocycles. The number of fused-ring (bicyclic) bond motifs is 7. The predicted molar refractivity (Wildman–Crippen MR) is 89.9 cm³/mol. The van der Waals surface area contributed by atoms with E-state index in [1.807, 2.05) is 0 Å². The summed E-state index contributed by atoms with van der Waals surface area (Å²) in [5.41, 5.74) is 3.66. The standard InChI is InChI=1S/C19H14FNOS/c1-18-9-10-19(2,22-18)15-13(18)7-8-14-16(15)23-17(21-14)11-3-5-12(20)6-4-11/h3-10H,1-2H3. The quantitative estimate of drug-likeness (QED) is 0.579. The van der Waals surface area contributed by atoms with Gasteiger partial charge in [0.05, 0.1) is 10.2 Å². The van der Waals surface area contributed by atoms with E-state index in [1.54, 1.807) is 23.5 Å². The smallest absolute Gasteiger partial charge is 0.124 e. The van der Waals surface area contributed by atoms with Gasteiger partial charge in [0, 0.05) is 11.1 Å². The summed E-state index contributed by atoms with van der Waals surface area (Å²) < 4.78 is 20.6. The first-order chi connectivity index (χ1) is 11.0. The minimum absolute atomic E-state index is 0.230. The number of thiazole rings is 1. The Morgan fingerprint density at radius 1 is 1.00 bits per heavy atom. The lowest BCUT2D eigenvalue weighted by atomic mass is 9.83. The third-order valence-electron chi connectivity index (χ3n) is 4.82. The maximum atomic E-state index is 13.1. The van der Waals surface area contributed by atoms with Crippen molar-refractivity contribution in [2.24, 2.45) is 0 Å². The van der Waals surface area contributed by atoms with E-state index in [0.717, 1.165) is 20.8 Å². The first kappa shape index (κ1) is 13.4. The maximum Gasteiger partial charge on any atom is 0.124 e. The van der Waals surface area contributed by atoms with Crippen molar-refractivity contribution in [1.29, 1.82) is 0 Å². The molecule has 2 nitrogen and oxygen atoms in total. The second-order valence-corrected chi connectivity index (χ2v) is 7.51. The SMILES string of the molecule is CC12C=CC(C)(O1)c1c2ccc2nc(-c3ccc(F)cc3)sc12. The summed E-state index contributed by atoms with van der Waals surface area (Å²) in [6.07, 6.45) is 4.29. The fourth-order valence-electron chi connectivity index (χ4n) is 3.72. The lowest BCUT2D eigenvalue weighted by Gasteiger charge is -2.18.